The molecule has 2 heterocycles. The number of nitrogens with one attached hydrogen (secondary N) is 1. The van der Waals surface area contributed by atoms with Gasteiger partial charge in [0.25, 0.3) is 0 Å². The van der Waals surface area contributed by atoms with Crippen molar-refractivity contribution in [3.8, 4) is 5.75 Å². The quantitative estimate of drug-likeness (QED) is 0.570. The number of hydrogen-bond donors (Lipinski definition) is 2. The van der Waals surface area contributed by atoms with Gasteiger partial charge in [0.05, 0.1) is 12.0 Å². The predicted octanol–water partition coefficient (Wildman–Crippen LogP) is 3.71. The van der Waals surface area contributed by atoms with Crippen molar-refractivity contribution in [3.63, 3.8) is 0 Å². The number of ether oxygens (including phenoxy) is 1. The van der Waals surface area contributed by atoms with Crippen LogP contribution >= 0.6 is 22.9 Å². The summed E-state index contributed by atoms with van der Waals surface area (Å²) in [4.78, 5) is 0.972. The molecule has 0 bridgehead atoms. The number of halogens is 1. The first kappa shape index (κ1) is 13.5. The minimum Gasteiger partial charge on any atom is -0.496 e. The predicted molar refractivity (Wildman–Crippen MR) is 81.3 cm³/mol. The highest BCUT2D eigenvalue weighted by Gasteiger charge is 2.22. The van der Waals surface area contributed by atoms with Crippen molar-refractivity contribution < 1.29 is 9.15 Å². The molecule has 2 aromatic heterocycles. The SMILES string of the molecule is COc1ccsc1C(NN)c1cc2cc(Cl)ccc2o1. The highest BCUT2D eigenvalue weighted by atomic mass is 35.5. The fourth-order valence-corrected chi connectivity index (χ4v) is 3.26. The number of furan rings is 1. The third-order valence-corrected chi connectivity index (χ3v) is 4.29. The number of hydrogen-bond acceptors (Lipinski definition) is 5. The molecule has 1 atom stereocenters. The van der Waals surface area contributed by atoms with E-state index in [9.17, 15) is 0 Å². The van der Waals surface area contributed by atoms with Gasteiger partial charge >= 0.3 is 0 Å². The second kappa shape index (κ2) is 5.46. The molecule has 1 unspecified atom stereocenters. The van der Waals surface area contributed by atoms with E-state index in [2.05, 4.69) is 5.43 Å². The van der Waals surface area contributed by atoms with Crippen molar-refractivity contribution in [2.75, 3.05) is 7.11 Å². The molecule has 0 radical (unpaired) electrons. The van der Waals surface area contributed by atoms with Gasteiger partial charge in [-0.15, -0.1) is 11.3 Å². The standard InChI is InChI=1S/C14H13ClN2O2S/c1-18-11-4-5-20-14(11)13(17-16)12-7-8-6-9(15)2-3-10(8)19-12/h2-7,13,17H,16H2,1H3. The fourth-order valence-electron chi connectivity index (χ4n) is 2.15. The van der Waals surface area contributed by atoms with Gasteiger partial charge in [0.15, 0.2) is 0 Å². The maximum Gasteiger partial charge on any atom is 0.134 e. The van der Waals surface area contributed by atoms with Crippen LogP contribution in [0.25, 0.3) is 11.0 Å². The third kappa shape index (κ3) is 2.29. The van der Waals surface area contributed by atoms with Gasteiger partial charge in [-0.2, -0.15) is 0 Å². The smallest absolute Gasteiger partial charge is 0.134 e. The average Bonchev–Trinajstić information content (AvgIpc) is 3.05. The van der Waals surface area contributed by atoms with Crippen LogP contribution in [0.3, 0.4) is 0 Å². The minimum atomic E-state index is -0.254. The van der Waals surface area contributed by atoms with Crippen LogP contribution in [0.15, 0.2) is 40.1 Å². The molecule has 0 aliphatic rings. The Morgan fingerprint density at radius 3 is 2.95 bits per heavy atom. The zero-order valence-electron chi connectivity index (χ0n) is 10.7. The van der Waals surface area contributed by atoms with Gasteiger partial charge in [0, 0.05) is 10.4 Å². The zero-order chi connectivity index (χ0) is 14.1. The first-order valence-electron chi connectivity index (χ1n) is 5.99. The first-order valence-corrected chi connectivity index (χ1v) is 7.25. The molecule has 3 rings (SSSR count). The number of thiophene rings is 1. The van der Waals surface area contributed by atoms with E-state index in [1.165, 1.54) is 0 Å². The number of fused-ring (bicyclic) bond motifs is 1. The molecule has 4 nitrogen and oxygen atoms in total. The Bertz CT molecular complexity index is 738. The fraction of sp³-hybridized carbons (Fsp3) is 0.143. The highest BCUT2D eigenvalue weighted by Crippen LogP contribution is 2.36. The maximum absolute atomic E-state index is 5.99. The summed E-state index contributed by atoms with van der Waals surface area (Å²) >= 11 is 7.55. The zero-order valence-corrected chi connectivity index (χ0v) is 12.3. The monoisotopic (exact) mass is 308 g/mol. The van der Waals surface area contributed by atoms with Gasteiger partial charge in [-0.05, 0) is 35.7 Å². The Labute approximate surface area is 125 Å². The summed E-state index contributed by atoms with van der Waals surface area (Å²) in [6, 6.07) is 9.10. The molecule has 0 aliphatic carbocycles. The first-order chi connectivity index (χ1) is 9.72. The number of hydrazine groups is 1. The lowest BCUT2D eigenvalue weighted by Gasteiger charge is -2.13. The van der Waals surface area contributed by atoms with Crippen molar-refractivity contribution in [2.24, 2.45) is 5.84 Å². The number of nitrogens with two attached hydrogens (primary N) is 1. The van der Waals surface area contributed by atoms with Gasteiger partial charge in [-0.25, -0.2) is 5.43 Å². The Balaban J connectivity index is 2.07. The Kier molecular flexibility index (Phi) is 3.67. The van der Waals surface area contributed by atoms with Gasteiger partial charge in [0.2, 0.25) is 0 Å². The van der Waals surface area contributed by atoms with Crippen LogP contribution in [-0.4, -0.2) is 7.11 Å². The van der Waals surface area contributed by atoms with E-state index in [1.54, 1.807) is 24.5 Å². The van der Waals surface area contributed by atoms with Crippen LogP contribution in [0, 0.1) is 0 Å². The number of benzene rings is 1. The summed E-state index contributed by atoms with van der Waals surface area (Å²) in [5.74, 6) is 7.20. The second-order valence-corrected chi connectivity index (χ2v) is 5.67. The minimum absolute atomic E-state index is 0.254. The molecule has 0 saturated carbocycles. The van der Waals surface area contributed by atoms with Crippen LogP contribution in [0.2, 0.25) is 5.02 Å². The molecule has 0 fully saturated rings. The molecule has 0 saturated heterocycles. The molecular weight excluding hydrogens is 296 g/mol. The molecule has 3 N–H and O–H groups in total. The number of methoxy groups -OCH3 is 1. The van der Waals surface area contributed by atoms with Gasteiger partial charge in [0.1, 0.15) is 23.1 Å². The maximum atomic E-state index is 5.99. The van der Waals surface area contributed by atoms with E-state index in [4.69, 9.17) is 26.6 Å². The molecule has 0 spiro atoms. The highest BCUT2D eigenvalue weighted by molar-refractivity contribution is 7.10. The van der Waals surface area contributed by atoms with Crippen molar-refractivity contribution in [1.29, 1.82) is 0 Å². The molecule has 1 aromatic carbocycles. The topological polar surface area (TPSA) is 60.4 Å². The lowest BCUT2D eigenvalue weighted by molar-refractivity contribution is 0.401. The van der Waals surface area contributed by atoms with Gasteiger partial charge in [-0.1, -0.05) is 11.6 Å². The largest absolute Gasteiger partial charge is 0.496 e. The Morgan fingerprint density at radius 1 is 1.35 bits per heavy atom. The van der Waals surface area contributed by atoms with E-state index in [-0.39, 0.29) is 6.04 Å². The summed E-state index contributed by atoms with van der Waals surface area (Å²) in [7, 11) is 1.64. The van der Waals surface area contributed by atoms with Crippen molar-refractivity contribution in [1.82, 2.24) is 5.43 Å². The summed E-state index contributed by atoms with van der Waals surface area (Å²) in [5.41, 5.74) is 3.55. The molecule has 0 amide bonds. The lowest BCUT2D eigenvalue weighted by Crippen LogP contribution is -2.28. The summed E-state index contributed by atoms with van der Waals surface area (Å²) in [6.07, 6.45) is 0. The van der Waals surface area contributed by atoms with E-state index in [1.807, 2.05) is 29.6 Å². The molecule has 6 heteroatoms. The average molecular weight is 309 g/mol. The van der Waals surface area contributed by atoms with Gasteiger partial charge < -0.3 is 9.15 Å². The van der Waals surface area contributed by atoms with E-state index in [0.29, 0.717) is 5.02 Å². The number of rotatable bonds is 4. The van der Waals surface area contributed by atoms with Crippen LogP contribution in [0.1, 0.15) is 16.7 Å². The van der Waals surface area contributed by atoms with E-state index in [0.717, 1.165) is 27.4 Å². The van der Waals surface area contributed by atoms with E-state index < -0.39 is 0 Å². The summed E-state index contributed by atoms with van der Waals surface area (Å²) in [5, 5.41) is 3.58. The Hall–Kier alpha value is -1.53. The normalized spacial score (nSPS) is 12.8. The van der Waals surface area contributed by atoms with Crippen LogP contribution in [-0.2, 0) is 0 Å². The van der Waals surface area contributed by atoms with Crippen molar-refractivity contribution in [2.45, 2.75) is 6.04 Å². The van der Waals surface area contributed by atoms with Gasteiger partial charge in [-0.3, -0.25) is 5.84 Å². The van der Waals surface area contributed by atoms with Crippen LogP contribution < -0.4 is 16.0 Å². The molecule has 0 aliphatic heterocycles. The lowest BCUT2D eigenvalue weighted by atomic mass is 10.1. The van der Waals surface area contributed by atoms with E-state index >= 15 is 0 Å². The molecule has 104 valence electrons. The molecule has 3 aromatic rings. The molecular formula is C14H13ClN2O2S. The second-order valence-electron chi connectivity index (χ2n) is 4.28. The van der Waals surface area contributed by atoms with Crippen LogP contribution in [0.5, 0.6) is 5.75 Å². The van der Waals surface area contributed by atoms with Crippen molar-refractivity contribution >= 4 is 33.9 Å². The summed E-state index contributed by atoms with van der Waals surface area (Å²) < 4.78 is 11.2. The van der Waals surface area contributed by atoms with Crippen molar-refractivity contribution in [3.05, 3.63) is 51.4 Å². The third-order valence-electron chi connectivity index (χ3n) is 3.09. The summed E-state index contributed by atoms with van der Waals surface area (Å²) in [6.45, 7) is 0. The van der Waals surface area contributed by atoms with Crippen LogP contribution in [0.4, 0.5) is 0 Å². The Morgan fingerprint density at radius 2 is 2.20 bits per heavy atom. The molecule has 20 heavy (non-hydrogen) atoms.